The summed E-state index contributed by atoms with van der Waals surface area (Å²) in [5, 5.41) is 9.99. The number of rotatable bonds is 10. The molecular formula is C40H53BrN2O9. The van der Waals surface area contributed by atoms with Gasteiger partial charge in [0.15, 0.2) is 0 Å². The molecule has 2 aromatic carbocycles. The van der Waals surface area contributed by atoms with Gasteiger partial charge in [0.1, 0.15) is 24.4 Å². The van der Waals surface area contributed by atoms with Gasteiger partial charge >= 0.3 is 24.1 Å². The van der Waals surface area contributed by atoms with Crippen molar-refractivity contribution in [3.8, 4) is 0 Å². The number of hydrogen-bond acceptors (Lipinski definition) is 9. The molecule has 2 saturated heterocycles. The molecule has 2 aliphatic rings. The van der Waals surface area contributed by atoms with Crippen LogP contribution in [0.15, 0.2) is 85.0 Å². The van der Waals surface area contributed by atoms with Gasteiger partial charge in [-0.1, -0.05) is 95.3 Å². The standard InChI is InChI=1S/C20H26BrNO4.C20H27NO5/c1-14(10-21)16-11-22(12-17(16)18(23)26-20(2,3)4)19(24)25-13-15-8-6-5-7-9-15;1-14(12-22)16-10-21(11-17(16)18(23)26-20(2,3)4)19(24)25-13-15-8-6-5-7-9-15/h5-9,16-17H,1,10-13H2,2-4H3;5-9,16-17,22H,1,10-13H2,2-4H3/t2*16-,17+/m00/s1. The SMILES string of the molecule is C=C(CBr)[C@@H]1CN(C(=O)OCc2ccccc2)C[C@H]1C(=O)OC(C)(C)C.C=C(CO)[C@@H]1CN(C(=O)OCc2ccccc2)C[C@H]1C(=O)OC(C)(C)C. The molecule has 0 aliphatic carbocycles. The number of halogens is 1. The van der Waals surface area contributed by atoms with Crippen LogP contribution in [0.1, 0.15) is 52.7 Å². The Morgan fingerprint density at radius 2 is 1.00 bits per heavy atom. The smallest absolute Gasteiger partial charge is 0.410 e. The summed E-state index contributed by atoms with van der Waals surface area (Å²) in [7, 11) is 0. The van der Waals surface area contributed by atoms with E-state index in [1.165, 1.54) is 4.90 Å². The second-order valence-electron chi connectivity index (χ2n) is 15.0. The van der Waals surface area contributed by atoms with Gasteiger partial charge in [-0.2, -0.15) is 0 Å². The molecule has 2 fully saturated rings. The minimum Gasteiger partial charge on any atom is -0.460 e. The molecule has 2 amide bonds. The summed E-state index contributed by atoms with van der Waals surface area (Å²) < 4.78 is 21.7. The highest BCUT2D eigenvalue weighted by molar-refractivity contribution is 9.09. The van der Waals surface area contributed by atoms with Crippen molar-refractivity contribution in [2.75, 3.05) is 38.1 Å². The highest BCUT2D eigenvalue weighted by atomic mass is 79.9. The number of aliphatic hydroxyl groups excluding tert-OH is 1. The fraction of sp³-hybridized carbons (Fsp3) is 0.500. The van der Waals surface area contributed by atoms with Crippen LogP contribution in [0.25, 0.3) is 0 Å². The number of alkyl halides is 1. The summed E-state index contributed by atoms with van der Waals surface area (Å²) in [6.07, 6.45) is -0.914. The van der Waals surface area contributed by atoms with Crippen LogP contribution < -0.4 is 0 Å². The number of aliphatic hydroxyl groups is 1. The first-order valence-electron chi connectivity index (χ1n) is 17.3. The average molecular weight is 786 g/mol. The Labute approximate surface area is 316 Å². The number of likely N-dealkylation sites (tertiary alicyclic amines) is 2. The molecule has 2 aliphatic heterocycles. The van der Waals surface area contributed by atoms with E-state index in [2.05, 4.69) is 29.1 Å². The Bertz CT molecular complexity index is 1420. The van der Waals surface area contributed by atoms with Crippen LogP contribution in [0, 0.1) is 23.7 Å². The van der Waals surface area contributed by atoms with Crippen LogP contribution in [0.5, 0.6) is 0 Å². The van der Waals surface area contributed by atoms with Crippen molar-refractivity contribution in [2.45, 2.75) is 66.0 Å². The van der Waals surface area contributed by atoms with Gasteiger partial charge in [0, 0.05) is 43.3 Å². The first-order valence-corrected chi connectivity index (χ1v) is 18.4. The van der Waals surface area contributed by atoms with Gasteiger partial charge in [-0.05, 0) is 58.2 Å². The number of esters is 2. The van der Waals surface area contributed by atoms with Crippen molar-refractivity contribution in [1.29, 1.82) is 0 Å². The number of ether oxygens (including phenoxy) is 4. The molecular weight excluding hydrogens is 732 g/mol. The lowest BCUT2D eigenvalue weighted by Crippen LogP contribution is -2.34. The fourth-order valence-corrected chi connectivity index (χ4v) is 6.22. The van der Waals surface area contributed by atoms with Crippen LogP contribution in [-0.2, 0) is 41.8 Å². The molecule has 0 aromatic heterocycles. The van der Waals surface area contributed by atoms with E-state index in [1.807, 2.05) is 81.4 Å². The Balaban J connectivity index is 0.000000280. The zero-order chi connectivity index (χ0) is 38.6. The summed E-state index contributed by atoms with van der Waals surface area (Å²) >= 11 is 3.39. The average Bonchev–Trinajstić information content (AvgIpc) is 3.75. The maximum Gasteiger partial charge on any atom is 0.410 e. The lowest BCUT2D eigenvalue weighted by molar-refractivity contribution is -0.161. The van der Waals surface area contributed by atoms with Crippen molar-refractivity contribution < 1.29 is 43.2 Å². The van der Waals surface area contributed by atoms with Crippen molar-refractivity contribution in [3.05, 3.63) is 96.1 Å². The second kappa shape index (κ2) is 19.1. The molecule has 4 atom stereocenters. The number of carbonyl (C=O) groups is 4. The summed E-state index contributed by atoms with van der Waals surface area (Å²) in [6.45, 7) is 20.0. The lowest BCUT2D eigenvalue weighted by Gasteiger charge is -2.24. The topological polar surface area (TPSA) is 132 Å². The first kappa shape index (κ1) is 42.3. The molecule has 284 valence electrons. The van der Waals surface area contributed by atoms with E-state index in [4.69, 9.17) is 18.9 Å². The van der Waals surface area contributed by atoms with Crippen LogP contribution in [-0.4, -0.2) is 88.3 Å². The van der Waals surface area contributed by atoms with Gasteiger partial charge in [-0.25, -0.2) is 9.59 Å². The molecule has 0 saturated carbocycles. The quantitative estimate of drug-likeness (QED) is 0.118. The maximum absolute atomic E-state index is 12.6. The molecule has 0 bridgehead atoms. The molecule has 4 rings (SSSR count). The van der Waals surface area contributed by atoms with E-state index in [9.17, 15) is 24.3 Å². The van der Waals surface area contributed by atoms with E-state index >= 15 is 0 Å². The van der Waals surface area contributed by atoms with Gasteiger partial charge < -0.3 is 33.9 Å². The third kappa shape index (κ3) is 13.1. The number of nitrogens with zero attached hydrogens (tertiary/aromatic N) is 2. The number of amides is 2. The summed E-state index contributed by atoms with van der Waals surface area (Å²) in [5.74, 6) is -2.17. The summed E-state index contributed by atoms with van der Waals surface area (Å²) in [6, 6.07) is 18.9. The molecule has 0 radical (unpaired) electrons. The van der Waals surface area contributed by atoms with Crippen molar-refractivity contribution >= 4 is 40.1 Å². The number of hydrogen-bond donors (Lipinski definition) is 1. The molecule has 0 unspecified atom stereocenters. The zero-order valence-corrected chi connectivity index (χ0v) is 32.7. The normalized spacial score (nSPS) is 19.9. The predicted octanol–water partition coefficient (Wildman–Crippen LogP) is 6.93. The summed E-state index contributed by atoms with van der Waals surface area (Å²) in [5.41, 5.74) is 2.01. The molecule has 2 heterocycles. The van der Waals surface area contributed by atoms with Gasteiger partial charge in [0.25, 0.3) is 0 Å². The second-order valence-corrected chi connectivity index (χ2v) is 15.6. The van der Waals surface area contributed by atoms with Crippen LogP contribution >= 0.6 is 15.9 Å². The molecule has 2 aromatic rings. The van der Waals surface area contributed by atoms with Crippen LogP contribution in [0.2, 0.25) is 0 Å². The third-order valence-corrected chi connectivity index (χ3v) is 9.13. The molecule has 1 N–H and O–H groups in total. The van der Waals surface area contributed by atoms with Crippen molar-refractivity contribution in [2.24, 2.45) is 23.7 Å². The molecule has 52 heavy (non-hydrogen) atoms. The van der Waals surface area contributed by atoms with Gasteiger partial charge in [-0.3, -0.25) is 9.59 Å². The fourth-order valence-electron chi connectivity index (χ4n) is 5.80. The Morgan fingerprint density at radius 3 is 1.33 bits per heavy atom. The highest BCUT2D eigenvalue weighted by Gasteiger charge is 2.44. The Hall–Kier alpha value is -4.16. The minimum absolute atomic E-state index is 0.145. The van der Waals surface area contributed by atoms with Crippen molar-refractivity contribution in [3.63, 3.8) is 0 Å². The first-order chi connectivity index (χ1) is 24.4. The van der Waals surface area contributed by atoms with E-state index in [0.29, 0.717) is 17.4 Å². The van der Waals surface area contributed by atoms with E-state index in [1.54, 1.807) is 25.7 Å². The predicted molar refractivity (Wildman–Crippen MR) is 201 cm³/mol. The maximum atomic E-state index is 12.6. The highest BCUT2D eigenvalue weighted by Crippen LogP contribution is 2.33. The van der Waals surface area contributed by atoms with Crippen LogP contribution in [0.4, 0.5) is 9.59 Å². The minimum atomic E-state index is -0.622. The van der Waals surface area contributed by atoms with Gasteiger partial charge in [0.05, 0.1) is 18.4 Å². The van der Waals surface area contributed by atoms with Gasteiger partial charge in [0.2, 0.25) is 0 Å². The zero-order valence-electron chi connectivity index (χ0n) is 31.1. The Kier molecular flexibility index (Phi) is 15.5. The molecule has 0 spiro atoms. The number of benzene rings is 2. The monoisotopic (exact) mass is 784 g/mol. The molecule has 12 heteroatoms. The van der Waals surface area contributed by atoms with Crippen molar-refractivity contribution in [1.82, 2.24) is 9.80 Å². The lowest BCUT2D eigenvalue weighted by atomic mass is 9.90. The largest absolute Gasteiger partial charge is 0.460 e. The van der Waals surface area contributed by atoms with E-state index in [0.717, 1.165) is 16.7 Å². The molecule has 11 nitrogen and oxygen atoms in total. The van der Waals surface area contributed by atoms with Gasteiger partial charge in [-0.15, -0.1) is 0 Å². The van der Waals surface area contributed by atoms with Crippen LogP contribution in [0.3, 0.4) is 0 Å². The third-order valence-electron chi connectivity index (χ3n) is 8.41. The summed E-state index contributed by atoms with van der Waals surface area (Å²) in [4.78, 5) is 53.0. The number of carbonyl (C=O) groups excluding carboxylic acids is 4. The Morgan fingerprint density at radius 1 is 0.654 bits per heavy atom. The van der Waals surface area contributed by atoms with E-state index < -0.39 is 41.2 Å². The van der Waals surface area contributed by atoms with E-state index in [-0.39, 0.29) is 57.3 Å².